The summed E-state index contributed by atoms with van der Waals surface area (Å²) in [6.45, 7) is 2.82. The predicted molar refractivity (Wildman–Crippen MR) is 143 cm³/mol. The molecule has 1 fully saturated rings. The van der Waals surface area contributed by atoms with Crippen molar-refractivity contribution in [1.82, 2.24) is 25.5 Å². The molecule has 0 spiro atoms. The lowest BCUT2D eigenvalue weighted by Crippen LogP contribution is -2.40. The molecule has 4 aromatic rings. The summed E-state index contributed by atoms with van der Waals surface area (Å²) in [5, 5.41) is 19.1. The number of hydrazine groups is 1. The Labute approximate surface area is 227 Å². The molecule has 1 aromatic carbocycles. The van der Waals surface area contributed by atoms with E-state index in [0.29, 0.717) is 42.9 Å². The summed E-state index contributed by atoms with van der Waals surface area (Å²) < 4.78 is 5.37. The number of anilines is 1. The molecular weight excluding hydrogens is 522 g/mol. The minimum Gasteiger partial charge on any atom is -0.360 e. The van der Waals surface area contributed by atoms with E-state index >= 15 is 0 Å². The van der Waals surface area contributed by atoms with Gasteiger partial charge in [0.2, 0.25) is 5.82 Å². The standard InChI is InChI=1S/C26H25N7O5S/c1-16-21(22(30-38-16)17-7-4-3-5-8-17)26(35)32-13-10-18(11-14-32)25-28-19(15-39-25)24(34)29-31(2)23-20(33(36)37)9-6-12-27-23/h3-9,12,15,18H,10-11,13-14H2,1-2H3,(H,29,34). The van der Waals surface area contributed by atoms with Crippen LogP contribution in [0.25, 0.3) is 11.3 Å². The Hall–Kier alpha value is -4.65. The molecular formula is C26H25N7O5S. The van der Waals surface area contributed by atoms with E-state index in [2.05, 4.69) is 20.6 Å². The first-order chi connectivity index (χ1) is 18.8. The molecule has 0 aliphatic carbocycles. The van der Waals surface area contributed by atoms with Crippen LogP contribution < -0.4 is 10.4 Å². The average Bonchev–Trinajstić information content (AvgIpc) is 3.60. The first-order valence-corrected chi connectivity index (χ1v) is 13.1. The predicted octanol–water partition coefficient (Wildman–Crippen LogP) is 4.21. The number of nitrogens with zero attached hydrogens (tertiary/aromatic N) is 6. The van der Waals surface area contributed by atoms with E-state index in [4.69, 9.17) is 4.52 Å². The van der Waals surface area contributed by atoms with Gasteiger partial charge in [-0.05, 0) is 25.8 Å². The number of piperidine rings is 1. The van der Waals surface area contributed by atoms with Crippen LogP contribution in [-0.2, 0) is 0 Å². The van der Waals surface area contributed by atoms with Crippen molar-refractivity contribution in [2.75, 3.05) is 25.1 Å². The van der Waals surface area contributed by atoms with Crippen molar-refractivity contribution in [3.8, 4) is 11.3 Å². The molecule has 39 heavy (non-hydrogen) atoms. The lowest BCUT2D eigenvalue weighted by molar-refractivity contribution is -0.384. The largest absolute Gasteiger partial charge is 0.360 e. The molecule has 200 valence electrons. The van der Waals surface area contributed by atoms with Crippen LogP contribution in [0.5, 0.6) is 0 Å². The summed E-state index contributed by atoms with van der Waals surface area (Å²) >= 11 is 1.38. The lowest BCUT2D eigenvalue weighted by atomic mass is 9.96. The van der Waals surface area contributed by atoms with Crippen LogP contribution in [0.3, 0.4) is 0 Å². The molecule has 4 heterocycles. The van der Waals surface area contributed by atoms with Gasteiger partial charge in [-0.3, -0.25) is 30.1 Å². The van der Waals surface area contributed by atoms with Crippen molar-refractivity contribution in [3.05, 3.63) is 86.2 Å². The lowest BCUT2D eigenvalue weighted by Gasteiger charge is -2.31. The van der Waals surface area contributed by atoms with Gasteiger partial charge in [-0.2, -0.15) is 0 Å². The molecule has 0 radical (unpaired) electrons. The van der Waals surface area contributed by atoms with Crippen molar-refractivity contribution < 1.29 is 19.0 Å². The van der Waals surface area contributed by atoms with E-state index in [1.807, 2.05) is 30.3 Å². The van der Waals surface area contributed by atoms with Gasteiger partial charge >= 0.3 is 5.69 Å². The number of aryl methyl sites for hydroxylation is 1. The van der Waals surface area contributed by atoms with Crippen molar-refractivity contribution in [3.63, 3.8) is 0 Å². The van der Waals surface area contributed by atoms with Gasteiger partial charge in [-0.1, -0.05) is 35.5 Å². The summed E-state index contributed by atoms with van der Waals surface area (Å²) in [5.41, 5.74) is 4.42. The van der Waals surface area contributed by atoms with E-state index in [0.717, 1.165) is 10.6 Å². The van der Waals surface area contributed by atoms with Crippen molar-refractivity contribution >= 4 is 34.7 Å². The van der Waals surface area contributed by atoms with E-state index in [1.165, 1.54) is 41.7 Å². The molecule has 12 nitrogen and oxygen atoms in total. The number of benzene rings is 1. The monoisotopic (exact) mass is 547 g/mol. The Balaban J connectivity index is 1.22. The number of nitro groups is 1. The highest BCUT2D eigenvalue weighted by Crippen LogP contribution is 2.33. The average molecular weight is 548 g/mol. The normalized spacial score (nSPS) is 13.7. The van der Waals surface area contributed by atoms with E-state index in [-0.39, 0.29) is 29.0 Å². The topological polar surface area (TPSA) is 148 Å². The van der Waals surface area contributed by atoms with Crippen molar-refractivity contribution in [2.24, 2.45) is 0 Å². The van der Waals surface area contributed by atoms with Gasteiger partial charge in [-0.25, -0.2) is 9.97 Å². The molecule has 1 aliphatic heterocycles. The van der Waals surface area contributed by atoms with E-state index in [9.17, 15) is 19.7 Å². The Morgan fingerprint density at radius 2 is 1.92 bits per heavy atom. The summed E-state index contributed by atoms with van der Waals surface area (Å²) in [6.07, 6.45) is 2.81. The van der Waals surface area contributed by atoms with E-state index < -0.39 is 10.8 Å². The fraction of sp³-hybridized carbons (Fsp3) is 0.269. The zero-order valence-electron chi connectivity index (χ0n) is 21.2. The molecule has 5 rings (SSSR count). The first kappa shape index (κ1) is 26.0. The second kappa shape index (κ2) is 11.0. The van der Waals surface area contributed by atoms with Crippen LogP contribution in [0.1, 0.15) is 50.4 Å². The van der Waals surface area contributed by atoms with Crippen LogP contribution in [0, 0.1) is 17.0 Å². The van der Waals surface area contributed by atoms with Crippen LogP contribution >= 0.6 is 11.3 Å². The maximum absolute atomic E-state index is 13.4. The minimum atomic E-state index is -0.560. The minimum absolute atomic E-state index is 0.0156. The fourth-order valence-electron chi connectivity index (χ4n) is 4.54. The van der Waals surface area contributed by atoms with Gasteiger partial charge in [0, 0.05) is 49.3 Å². The first-order valence-electron chi connectivity index (χ1n) is 12.2. The number of thiazole rings is 1. The third-order valence-corrected chi connectivity index (χ3v) is 7.57. The highest BCUT2D eigenvalue weighted by atomic mass is 32.1. The number of rotatable bonds is 7. The number of carbonyl (C=O) groups excluding carboxylic acids is 2. The van der Waals surface area contributed by atoms with Gasteiger partial charge in [0.25, 0.3) is 11.8 Å². The van der Waals surface area contributed by atoms with Gasteiger partial charge < -0.3 is 9.42 Å². The molecule has 0 bridgehead atoms. The molecule has 0 unspecified atom stereocenters. The second-order valence-electron chi connectivity index (χ2n) is 9.07. The van der Waals surface area contributed by atoms with Gasteiger partial charge in [0.1, 0.15) is 22.7 Å². The molecule has 0 saturated carbocycles. The molecule has 0 atom stereocenters. The number of hydrogen-bond donors (Lipinski definition) is 1. The molecule has 3 aromatic heterocycles. The highest BCUT2D eigenvalue weighted by Gasteiger charge is 2.31. The molecule has 13 heteroatoms. The van der Waals surface area contributed by atoms with Gasteiger partial charge in [0.05, 0.1) is 9.93 Å². The van der Waals surface area contributed by atoms with Crippen molar-refractivity contribution in [2.45, 2.75) is 25.7 Å². The number of pyridine rings is 1. The molecule has 1 N–H and O–H groups in total. The zero-order valence-corrected chi connectivity index (χ0v) is 22.1. The molecule has 1 saturated heterocycles. The van der Waals surface area contributed by atoms with Gasteiger partial charge in [0.15, 0.2) is 0 Å². The van der Waals surface area contributed by atoms with Gasteiger partial charge in [-0.15, -0.1) is 11.3 Å². The SMILES string of the molecule is Cc1onc(-c2ccccc2)c1C(=O)N1CCC(c2nc(C(=O)NN(C)c3ncccc3[N+](=O)[O-])cs2)CC1. The Morgan fingerprint density at radius 3 is 2.64 bits per heavy atom. The fourth-order valence-corrected chi connectivity index (χ4v) is 5.51. The third kappa shape index (κ3) is 5.34. The number of amides is 2. The Bertz CT molecular complexity index is 1510. The van der Waals surface area contributed by atoms with Crippen LogP contribution in [-0.4, -0.2) is 56.9 Å². The number of nitrogens with one attached hydrogen (secondary N) is 1. The van der Waals surface area contributed by atoms with Crippen LogP contribution in [0.15, 0.2) is 58.6 Å². The molecule has 2 amide bonds. The number of likely N-dealkylation sites (tertiary alicyclic amines) is 1. The maximum atomic E-state index is 13.4. The summed E-state index contributed by atoms with van der Waals surface area (Å²) in [6, 6.07) is 12.2. The van der Waals surface area contributed by atoms with E-state index in [1.54, 1.807) is 17.2 Å². The zero-order chi connectivity index (χ0) is 27.5. The number of aromatic nitrogens is 3. The maximum Gasteiger partial charge on any atom is 0.313 e. The second-order valence-corrected chi connectivity index (χ2v) is 9.96. The summed E-state index contributed by atoms with van der Waals surface area (Å²) in [4.78, 5) is 47.2. The third-order valence-electron chi connectivity index (χ3n) is 6.56. The summed E-state index contributed by atoms with van der Waals surface area (Å²) in [5.74, 6) is -0.00685. The van der Waals surface area contributed by atoms with Crippen LogP contribution in [0.4, 0.5) is 11.5 Å². The quantitative estimate of drug-likeness (QED) is 0.265. The highest BCUT2D eigenvalue weighted by molar-refractivity contribution is 7.09. The number of carbonyl (C=O) groups is 2. The summed E-state index contributed by atoms with van der Waals surface area (Å²) in [7, 11) is 1.48. The smallest absolute Gasteiger partial charge is 0.313 e. The number of hydrogen-bond acceptors (Lipinski definition) is 10. The Kier molecular flexibility index (Phi) is 7.32. The Morgan fingerprint density at radius 1 is 1.18 bits per heavy atom. The van der Waals surface area contributed by atoms with Crippen LogP contribution in [0.2, 0.25) is 0 Å². The van der Waals surface area contributed by atoms with Crippen molar-refractivity contribution in [1.29, 1.82) is 0 Å². The molecule has 1 aliphatic rings.